The van der Waals surface area contributed by atoms with E-state index in [-0.39, 0.29) is 5.91 Å². The number of nitrogens with zero attached hydrogens (tertiary/aromatic N) is 6. The number of aryl methyl sites for hydroxylation is 2. The molecule has 9 nitrogen and oxygen atoms in total. The van der Waals surface area contributed by atoms with Gasteiger partial charge in [0.25, 0.3) is 5.91 Å². The van der Waals surface area contributed by atoms with Crippen LogP contribution in [0.25, 0.3) is 5.82 Å². The van der Waals surface area contributed by atoms with Crippen LogP contribution in [0.2, 0.25) is 0 Å². The molecule has 0 aromatic carbocycles. The molecular formula is C11H12N8OS. The lowest BCUT2D eigenvalue weighted by molar-refractivity contribution is 0.0946. The molecule has 3 heterocycles. The van der Waals surface area contributed by atoms with Crippen LogP contribution in [0.3, 0.4) is 0 Å². The summed E-state index contributed by atoms with van der Waals surface area (Å²) < 4.78 is 1.37. The van der Waals surface area contributed by atoms with E-state index in [9.17, 15) is 4.79 Å². The zero-order valence-corrected chi connectivity index (χ0v) is 12.2. The third kappa shape index (κ3) is 2.79. The van der Waals surface area contributed by atoms with Crippen LogP contribution in [0.5, 0.6) is 0 Å². The number of carbonyl (C=O) groups is 1. The summed E-state index contributed by atoms with van der Waals surface area (Å²) in [6.07, 6.45) is 1.40. The molecule has 0 fully saturated rings. The summed E-state index contributed by atoms with van der Waals surface area (Å²) in [6, 6.07) is 1.58. The molecule has 21 heavy (non-hydrogen) atoms. The van der Waals surface area contributed by atoms with Crippen molar-refractivity contribution < 1.29 is 4.79 Å². The SMILES string of the molecule is Cc1nc(C)c(CNC(=O)c2cc(-n3cnnn3)n[nH]2)s1. The second-order valence-electron chi connectivity index (χ2n) is 4.32. The molecule has 0 aliphatic rings. The molecule has 0 aliphatic heterocycles. The highest BCUT2D eigenvalue weighted by Crippen LogP contribution is 2.16. The van der Waals surface area contributed by atoms with Gasteiger partial charge >= 0.3 is 0 Å². The van der Waals surface area contributed by atoms with Gasteiger partial charge in [0.2, 0.25) is 0 Å². The van der Waals surface area contributed by atoms with Crippen molar-refractivity contribution in [3.05, 3.63) is 33.7 Å². The van der Waals surface area contributed by atoms with Crippen molar-refractivity contribution >= 4 is 17.2 Å². The normalized spacial score (nSPS) is 10.8. The van der Waals surface area contributed by atoms with E-state index in [2.05, 4.69) is 36.0 Å². The Morgan fingerprint density at radius 2 is 2.33 bits per heavy atom. The first-order chi connectivity index (χ1) is 10.1. The zero-order valence-electron chi connectivity index (χ0n) is 11.4. The number of rotatable bonds is 4. The molecule has 0 atom stereocenters. The molecule has 2 N–H and O–H groups in total. The predicted octanol–water partition coefficient (Wildman–Crippen LogP) is 0.389. The van der Waals surface area contributed by atoms with E-state index in [0.717, 1.165) is 15.6 Å². The van der Waals surface area contributed by atoms with E-state index in [0.29, 0.717) is 18.1 Å². The molecule has 108 valence electrons. The Morgan fingerprint density at radius 3 is 3.00 bits per heavy atom. The summed E-state index contributed by atoms with van der Waals surface area (Å²) in [6.45, 7) is 4.31. The van der Waals surface area contributed by atoms with Crippen molar-refractivity contribution in [1.82, 2.24) is 40.7 Å². The summed E-state index contributed by atoms with van der Waals surface area (Å²) in [5, 5.41) is 21.2. The van der Waals surface area contributed by atoms with Crippen molar-refractivity contribution in [2.75, 3.05) is 0 Å². The van der Waals surface area contributed by atoms with Crippen LogP contribution in [-0.4, -0.2) is 41.3 Å². The first-order valence-electron chi connectivity index (χ1n) is 6.13. The molecule has 1 amide bonds. The van der Waals surface area contributed by atoms with Crippen molar-refractivity contribution in [2.24, 2.45) is 0 Å². The second kappa shape index (κ2) is 5.40. The van der Waals surface area contributed by atoms with Gasteiger partial charge in [-0.25, -0.2) is 4.98 Å². The van der Waals surface area contributed by atoms with Gasteiger partial charge in [-0.05, 0) is 24.3 Å². The number of carbonyl (C=O) groups excluding carboxylic acids is 1. The Balaban J connectivity index is 1.67. The molecule has 0 unspecified atom stereocenters. The van der Waals surface area contributed by atoms with Crippen molar-refractivity contribution in [3.8, 4) is 5.82 Å². The van der Waals surface area contributed by atoms with Gasteiger partial charge in [-0.15, -0.1) is 16.4 Å². The minimum atomic E-state index is -0.243. The van der Waals surface area contributed by atoms with Gasteiger partial charge in [0.1, 0.15) is 12.0 Å². The van der Waals surface area contributed by atoms with Crippen molar-refractivity contribution in [2.45, 2.75) is 20.4 Å². The van der Waals surface area contributed by atoms with Crippen LogP contribution in [0.4, 0.5) is 0 Å². The van der Waals surface area contributed by atoms with Gasteiger partial charge in [0.15, 0.2) is 5.82 Å². The lowest BCUT2D eigenvalue weighted by Gasteiger charge is -2.01. The molecule has 0 saturated carbocycles. The van der Waals surface area contributed by atoms with Gasteiger partial charge in [-0.2, -0.15) is 9.78 Å². The van der Waals surface area contributed by atoms with E-state index >= 15 is 0 Å². The minimum absolute atomic E-state index is 0.243. The fourth-order valence-corrected chi connectivity index (χ4v) is 2.68. The first-order valence-corrected chi connectivity index (χ1v) is 6.95. The van der Waals surface area contributed by atoms with Gasteiger partial charge in [0, 0.05) is 10.9 Å². The van der Waals surface area contributed by atoms with Crippen molar-refractivity contribution in [3.63, 3.8) is 0 Å². The van der Waals surface area contributed by atoms with Gasteiger partial charge in [0.05, 0.1) is 17.2 Å². The molecule has 0 saturated heterocycles. The molecule has 3 aromatic heterocycles. The number of hydrogen-bond donors (Lipinski definition) is 2. The van der Waals surface area contributed by atoms with E-state index in [1.807, 2.05) is 13.8 Å². The fourth-order valence-electron chi connectivity index (χ4n) is 1.80. The summed E-state index contributed by atoms with van der Waals surface area (Å²) >= 11 is 1.57. The monoisotopic (exact) mass is 304 g/mol. The van der Waals surface area contributed by atoms with E-state index in [4.69, 9.17) is 0 Å². The number of hydrogen-bond acceptors (Lipinski definition) is 7. The van der Waals surface area contributed by atoms with Crippen molar-refractivity contribution in [1.29, 1.82) is 0 Å². The first kappa shape index (κ1) is 13.4. The maximum atomic E-state index is 12.1. The Labute approximate surface area is 123 Å². The maximum absolute atomic E-state index is 12.1. The van der Waals surface area contributed by atoms with Crippen LogP contribution in [0.15, 0.2) is 12.4 Å². The highest BCUT2D eigenvalue weighted by Gasteiger charge is 2.12. The Hall–Kier alpha value is -2.62. The lowest BCUT2D eigenvalue weighted by atomic mass is 10.3. The number of thiazole rings is 1. The standard InChI is InChI=1S/C11H12N8OS/c1-6-9(21-7(2)14-6)4-12-11(20)8-3-10(16-15-8)19-5-13-17-18-19/h3,5H,4H2,1-2H3,(H,12,20)(H,15,16). The van der Waals surface area contributed by atoms with Crippen LogP contribution in [0, 0.1) is 13.8 Å². The van der Waals surface area contributed by atoms with Gasteiger partial charge in [-0.3, -0.25) is 9.89 Å². The molecule has 10 heteroatoms. The zero-order chi connectivity index (χ0) is 14.8. The van der Waals surface area contributed by atoms with Gasteiger partial charge < -0.3 is 5.32 Å². The molecular weight excluding hydrogens is 292 g/mol. The summed E-state index contributed by atoms with van der Waals surface area (Å²) in [5.41, 5.74) is 1.29. The average Bonchev–Trinajstić information content (AvgIpc) is 3.16. The Morgan fingerprint density at radius 1 is 1.48 bits per heavy atom. The number of amides is 1. The largest absolute Gasteiger partial charge is 0.346 e. The molecule has 3 rings (SSSR count). The highest BCUT2D eigenvalue weighted by atomic mass is 32.1. The van der Waals surface area contributed by atoms with Crippen LogP contribution >= 0.6 is 11.3 Å². The van der Waals surface area contributed by atoms with E-state index < -0.39 is 0 Å². The number of tetrazole rings is 1. The molecule has 3 aromatic rings. The second-order valence-corrected chi connectivity index (χ2v) is 5.61. The third-order valence-corrected chi connectivity index (χ3v) is 3.87. The third-order valence-electron chi connectivity index (χ3n) is 2.80. The smallest absolute Gasteiger partial charge is 0.269 e. The number of aromatic nitrogens is 7. The minimum Gasteiger partial charge on any atom is -0.346 e. The Bertz CT molecular complexity index is 759. The molecule has 0 radical (unpaired) electrons. The summed E-state index contributed by atoms with van der Waals surface area (Å²) in [7, 11) is 0. The number of nitrogens with one attached hydrogen (secondary N) is 2. The number of aromatic amines is 1. The van der Waals surface area contributed by atoms with Gasteiger partial charge in [-0.1, -0.05) is 0 Å². The maximum Gasteiger partial charge on any atom is 0.269 e. The molecule has 0 aliphatic carbocycles. The summed E-state index contributed by atoms with van der Waals surface area (Å²) in [5.74, 6) is 0.210. The predicted molar refractivity (Wildman–Crippen MR) is 74.1 cm³/mol. The molecule has 0 spiro atoms. The highest BCUT2D eigenvalue weighted by molar-refractivity contribution is 7.11. The lowest BCUT2D eigenvalue weighted by Crippen LogP contribution is -2.23. The Kier molecular flexibility index (Phi) is 3.44. The fraction of sp³-hybridized carbons (Fsp3) is 0.273. The van der Waals surface area contributed by atoms with E-state index in [1.165, 1.54) is 11.0 Å². The topological polar surface area (TPSA) is 114 Å². The van der Waals surface area contributed by atoms with Crippen LogP contribution in [0.1, 0.15) is 26.1 Å². The van der Waals surface area contributed by atoms with Crippen LogP contribution in [-0.2, 0) is 6.54 Å². The molecule has 0 bridgehead atoms. The average molecular weight is 304 g/mol. The van der Waals surface area contributed by atoms with Crippen LogP contribution < -0.4 is 5.32 Å². The summed E-state index contributed by atoms with van der Waals surface area (Å²) in [4.78, 5) is 17.4. The quantitative estimate of drug-likeness (QED) is 0.720. The number of H-pyrrole nitrogens is 1. The van der Waals surface area contributed by atoms with E-state index in [1.54, 1.807) is 17.4 Å².